The van der Waals surface area contributed by atoms with Crippen molar-refractivity contribution in [3.05, 3.63) is 62.1 Å². The average Bonchev–Trinajstić information content (AvgIpc) is 3.37. The molecule has 0 aromatic carbocycles. The first-order chi connectivity index (χ1) is 15.4. The third-order valence-corrected chi connectivity index (χ3v) is 7.32. The van der Waals surface area contributed by atoms with Crippen molar-refractivity contribution in [1.29, 1.82) is 0 Å². The van der Waals surface area contributed by atoms with E-state index < -0.39 is 0 Å². The maximum Gasteiger partial charge on any atom is 0.274 e. The summed E-state index contributed by atoms with van der Waals surface area (Å²) in [6.45, 7) is 6.40. The molecule has 4 aromatic heterocycles. The van der Waals surface area contributed by atoms with E-state index in [1.807, 2.05) is 23.6 Å². The van der Waals surface area contributed by atoms with Crippen LogP contribution in [0.5, 0.6) is 0 Å². The molecule has 4 aromatic rings. The number of piperazine rings is 1. The second kappa shape index (κ2) is 8.23. The minimum absolute atomic E-state index is 0.170. The van der Waals surface area contributed by atoms with Gasteiger partial charge in [0.05, 0.1) is 21.9 Å². The summed E-state index contributed by atoms with van der Waals surface area (Å²) in [5.41, 5.74) is 3.54. The summed E-state index contributed by atoms with van der Waals surface area (Å²) in [6, 6.07) is 7.58. The smallest absolute Gasteiger partial charge is 0.274 e. The van der Waals surface area contributed by atoms with Gasteiger partial charge >= 0.3 is 0 Å². The Balaban J connectivity index is 1.29. The van der Waals surface area contributed by atoms with Gasteiger partial charge in [-0.25, -0.2) is 4.98 Å². The van der Waals surface area contributed by atoms with Crippen LogP contribution in [0.15, 0.2) is 35.3 Å². The molecule has 8 nitrogen and oxygen atoms in total. The summed E-state index contributed by atoms with van der Waals surface area (Å²) in [6.07, 6.45) is 1.85. The van der Waals surface area contributed by atoms with Crippen molar-refractivity contribution < 1.29 is 4.79 Å². The number of thiophene rings is 1. The van der Waals surface area contributed by atoms with E-state index in [0.717, 1.165) is 54.5 Å². The van der Waals surface area contributed by atoms with E-state index in [9.17, 15) is 9.59 Å². The molecule has 5 rings (SSSR count). The number of hydrogen-bond acceptors (Lipinski definition) is 6. The second-order valence-electron chi connectivity index (χ2n) is 7.91. The number of hydrogen-bond donors (Lipinski definition) is 2. The molecule has 0 aliphatic carbocycles. The van der Waals surface area contributed by atoms with Gasteiger partial charge in [0, 0.05) is 50.8 Å². The Kier molecular flexibility index (Phi) is 5.40. The van der Waals surface area contributed by atoms with Crippen LogP contribution in [0.2, 0.25) is 5.02 Å². The first kappa shape index (κ1) is 21.0. The number of carbonyl (C=O) groups is 1. The third kappa shape index (κ3) is 3.66. The van der Waals surface area contributed by atoms with Gasteiger partial charge in [0.2, 0.25) is 0 Å². The van der Waals surface area contributed by atoms with Crippen molar-refractivity contribution in [1.82, 2.24) is 24.6 Å². The molecule has 1 amide bonds. The Morgan fingerprint density at radius 1 is 1.25 bits per heavy atom. The molecular formula is C22H23ClN6O2S. The zero-order chi connectivity index (χ0) is 22.4. The van der Waals surface area contributed by atoms with E-state index in [-0.39, 0.29) is 11.5 Å². The van der Waals surface area contributed by atoms with Crippen LogP contribution in [-0.2, 0) is 6.54 Å². The van der Waals surface area contributed by atoms with Crippen LogP contribution in [-0.4, -0.2) is 58.4 Å². The molecule has 1 saturated heterocycles. The lowest BCUT2D eigenvalue weighted by molar-refractivity contribution is 0.0958. The van der Waals surface area contributed by atoms with Gasteiger partial charge in [-0.15, -0.1) is 11.3 Å². The predicted molar refractivity (Wildman–Crippen MR) is 128 cm³/mol. The van der Waals surface area contributed by atoms with Crippen molar-refractivity contribution in [2.45, 2.75) is 13.5 Å². The molecule has 1 fully saturated rings. The van der Waals surface area contributed by atoms with E-state index in [1.54, 1.807) is 30.5 Å². The molecule has 0 radical (unpaired) electrons. The Morgan fingerprint density at radius 3 is 2.75 bits per heavy atom. The van der Waals surface area contributed by atoms with Crippen molar-refractivity contribution in [3.8, 4) is 0 Å². The fourth-order valence-electron chi connectivity index (χ4n) is 4.26. The maximum atomic E-state index is 12.3. The van der Waals surface area contributed by atoms with Gasteiger partial charge in [-0.2, -0.15) is 0 Å². The molecule has 166 valence electrons. The fraction of sp³-hybridized carbons (Fsp3) is 0.318. The van der Waals surface area contributed by atoms with E-state index in [1.165, 1.54) is 4.88 Å². The van der Waals surface area contributed by atoms with Crippen molar-refractivity contribution in [3.63, 3.8) is 0 Å². The van der Waals surface area contributed by atoms with Gasteiger partial charge in [-0.3, -0.25) is 14.5 Å². The van der Waals surface area contributed by atoms with E-state index in [0.29, 0.717) is 16.2 Å². The molecule has 32 heavy (non-hydrogen) atoms. The molecule has 2 N–H and O–H groups in total. The number of H-pyrrole nitrogens is 1. The molecule has 5 heterocycles. The average molecular weight is 471 g/mol. The topological polar surface area (TPSA) is 85.7 Å². The number of aromatic amines is 1. The molecule has 0 saturated carbocycles. The maximum absolute atomic E-state index is 12.3. The fourth-order valence-corrected chi connectivity index (χ4v) is 5.64. The molecule has 0 spiro atoms. The number of nitrogens with zero attached hydrogens (tertiary/aromatic N) is 4. The van der Waals surface area contributed by atoms with Crippen molar-refractivity contribution >= 4 is 50.4 Å². The molecule has 0 atom stereocenters. The number of halogens is 1. The standard InChI is InChI=1S/C22H23ClN6O2S/c1-13-18(4-3-16(25-13)20(30)24-2)28-9-7-27(8-10-28)12-14-11-17-22(32-14)29-6-5-15(23)19(29)21(31)26-17/h3-6,11H,7-10,12H2,1-2H3,(H,24,30)(H,26,31). The normalized spacial score (nSPS) is 15.0. The quantitative estimate of drug-likeness (QED) is 0.479. The first-order valence-corrected chi connectivity index (χ1v) is 11.6. The number of nitrogens with one attached hydrogen (secondary N) is 2. The van der Waals surface area contributed by atoms with Crippen LogP contribution in [0.25, 0.3) is 15.9 Å². The van der Waals surface area contributed by atoms with Gasteiger partial charge in [0.15, 0.2) is 0 Å². The summed E-state index contributed by atoms with van der Waals surface area (Å²) in [5.74, 6) is -0.173. The number of amides is 1. The highest BCUT2D eigenvalue weighted by atomic mass is 35.5. The Bertz CT molecular complexity index is 1380. The van der Waals surface area contributed by atoms with E-state index in [4.69, 9.17) is 11.6 Å². The summed E-state index contributed by atoms with van der Waals surface area (Å²) in [5, 5.41) is 3.08. The highest BCUT2D eigenvalue weighted by Gasteiger charge is 2.21. The van der Waals surface area contributed by atoms with Crippen molar-refractivity contribution in [2.75, 3.05) is 38.1 Å². The summed E-state index contributed by atoms with van der Waals surface area (Å²) < 4.78 is 1.88. The molecule has 1 aliphatic rings. The summed E-state index contributed by atoms with van der Waals surface area (Å²) in [7, 11) is 1.61. The number of aryl methyl sites for hydroxylation is 1. The Morgan fingerprint density at radius 2 is 2.03 bits per heavy atom. The lowest BCUT2D eigenvalue weighted by atomic mass is 10.2. The van der Waals surface area contributed by atoms with Gasteiger partial charge < -0.3 is 19.6 Å². The monoisotopic (exact) mass is 470 g/mol. The zero-order valence-corrected chi connectivity index (χ0v) is 19.4. The molecule has 0 bridgehead atoms. The molecule has 10 heteroatoms. The van der Waals surface area contributed by atoms with E-state index in [2.05, 4.69) is 31.2 Å². The SMILES string of the molecule is CNC(=O)c1ccc(N2CCN(Cc3cc4[nH]c(=O)c5c(Cl)ccn5c4s3)CC2)c(C)n1. The molecule has 0 unspecified atom stereocenters. The van der Waals surface area contributed by atoms with Crippen LogP contribution in [0.1, 0.15) is 21.1 Å². The Labute approximate surface area is 193 Å². The van der Waals surface area contributed by atoms with Crippen LogP contribution < -0.4 is 15.8 Å². The lowest BCUT2D eigenvalue weighted by Gasteiger charge is -2.36. The number of aromatic nitrogens is 3. The Hall–Kier alpha value is -2.88. The minimum Gasteiger partial charge on any atom is -0.368 e. The summed E-state index contributed by atoms with van der Waals surface area (Å²) >= 11 is 7.85. The van der Waals surface area contributed by atoms with Crippen LogP contribution in [0, 0.1) is 6.92 Å². The molecule has 1 aliphatic heterocycles. The highest BCUT2D eigenvalue weighted by molar-refractivity contribution is 7.18. The number of fused-ring (bicyclic) bond motifs is 3. The van der Waals surface area contributed by atoms with Crippen molar-refractivity contribution in [2.24, 2.45) is 0 Å². The highest BCUT2D eigenvalue weighted by Crippen LogP contribution is 2.28. The number of anilines is 1. The van der Waals surface area contributed by atoms with Gasteiger partial charge in [0.1, 0.15) is 16.0 Å². The van der Waals surface area contributed by atoms with E-state index >= 15 is 0 Å². The number of rotatable bonds is 4. The lowest BCUT2D eigenvalue weighted by Crippen LogP contribution is -2.46. The third-order valence-electron chi connectivity index (χ3n) is 5.89. The van der Waals surface area contributed by atoms with Gasteiger partial charge in [0.25, 0.3) is 11.5 Å². The summed E-state index contributed by atoms with van der Waals surface area (Å²) in [4.78, 5) is 38.5. The number of pyridine rings is 1. The van der Waals surface area contributed by atoms with Crippen LogP contribution >= 0.6 is 22.9 Å². The minimum atomic E-state index is -0.173. The molecular weight excluding hydrogens is 448 g/mol. The zero-order valence-electron chi connectivity index (χ0n) is 17.8. The first-order valence-electron chi connectivity index (χ1n) is 10.4. The van der Waals surface area contributed by atoms with Crippen LogP contribution in [0.3, 0.4) is 0 Å². The van der Waals surface area contributed by atoms with Crippen LogP contribution in [0.4, 0.5) is 5.69 Å². The second-order valence-corrected chi connectivity index (χ2v) is 9.43. The van der Waals surface area contributed by atoms with Gasteiger partial charge in [-0.05, 0) is 31.2 Å². The predicted octanol–water partition coefficient (Wildman–Crippen LogP) is 2.88. The largest absolute Gasteiger partial charge is 0.368 e. The van der Waals surface area contributed by atoms with Gasteiger partial charge in [-0.1, -0.05) is 11.6 Å². The number of carbonyl (C=O) groups excluding carboxylic acids is 1.